The minimum atomic E-state index is -0.0997. The first kappa shape index (κ1) is 19.1. The number of halogens is 1. The molecule has 1 aliphatic heterocycles. The SMILES string of the molecule is C[N+](C)(Cc1ccc(NC(=O)c2cccc(Br)c2)cc1)C1CCOCC1. The van der Waals surface area contributed by atoms with Crippen LogP contribution in [0.4, 0.5) is 5.69 Å². The van der Waals surface area contributed by atoms with Gasteiger partial charge in [-0.3, -0.25) is 4.79 Å². The summed E-state index contributed by atoms with van der Waals surface area (Å²) in [6.07, 6.45) is 2.24. The van der Waals surface area contributed by atoms with E-state index in [-0.39, 0.29) is 5.91 Å². The summed E-state index contributed by atoms with van der Waals surface area (Å²) in [5.41, 5.74) is 2.73. The molecule has 0 atom stereocenters. The van der Waals surface area contributed by atoms with Crippen molar-refractivity contribution in [1.82, 2.24) is 0 Å². The number of rotatable bonds is 5. The van der Waals surface area contributed by atoms with Gasteiger partial charge in [0.2, 0.25) is 0 Å². The van der Waals surface area contributed by atoms with E-state index >= 15 is 0 Å². The largest absolute Gasteiger partial charge is 0.381 e. The number of carbonyl (C=O) groups excluding carboxylic acids is 1. The first-order valence-corrected chi connectivity index (χ1v) is 9.80. The molecule has 2 aromatic carbocycles. The van der Waals surface area contributed by atoms with Gasteiger partial charge in [-0.05, 0) is 30.3 Å². The van der Waals surface area contributed by atoms with Crippen LogP contribution in [0.15, 0.2) is 53.0 Å². The number of hydrogen-bond acceptors (Lipinski definition) is 2. The summed E-state index contributed by atoms with van der Waals surface area (Å²) in [4.78, 5) is 12.3. The number of quaternary nitrogens is 1. The highest BCUT2D eigenvalue weighted by Crippen LogP contribution is 2.23. The second-order valence-corrected chi connectivity index (χ2v) is 8.36. The smallest absolute Gasteiger partial charge is 0.255 e. The molecule has 4 nitrogen and oxygen atoms in total. The van der Waals surface area contributed by atoms with Gasteiger partial charge in [0.25, 0.3) is 5.91 Å². The molecule has 0 bridgehead atoms. The summed E-state index contributed by atoms with van der Waals surface area (Å²) in [5.74, 6) is -0.0997. The highest BCUT2D eigenvalue weighted by Gasteiger charge is 2.30. The molecule has 0 radical (unpaired) electrons. The highest BCUT2D eigenvalue weighted by atomic mass is 79.9. The van der Waals surface area contributed by atoms with Crippen molar-refractivity contribution in [3.63, 3.8) is 0 Å². The fourth-order valence-corrected chi connectivity index (χ4v) is 3.91. The molecule has 5 heteroatoms. The van der Waals surface area contributed by atoms with E-state index in [9.17, 15) is 4.79 Å². The van der Waals surface area contributed by atoms with Crippen LogP contribution in [0.3, 0.4) is 0 Å². The Kier molecular flexibility index (Phi) is 6.12. The molecule has 0 aliphatic carbocycles. The van der Waals surface area contributed by atoms with Crippen LogP contribution in [0.2, 0.25) is 0 Å². The minimum Gasteiger partial charge on any atom is -0.381 e. The molecule has 0 unspecified atom stereocenters. The van der Waals surface area contributed by atoms with E-state index in [1.54, 1.807) is 0 Å². The van der Waals surface area contributed by atoms with Gasteiger partial charge < -0.3 is 14.5 Å². The predicted molar refractivity (Wildman–Crippen MR) is 108 cm³/mol. The molecular formula is C21H26BrN2O2+. The maximum atomic E-state index is 12.3. The number of carbonyl (C=O) groups is 1. The van der Waals surface area contributed by atoms with Crippen molar-refractivity contribution in [2.45, 2.75) is 25.4 Å². The molecule has 1 saturated heterocycles. The van der Waals surface area contributed by atoms with Crippen LogP contribution in [-0.2, 0) is 11.3 Å². The molecule has 1 heterocycles. The summed E-state index contributed by atoms with van der Waals surface area (Å²) >= 11 is 3.40. The molecule has 1 amide bonds. The van der Waals surface area contributed by atoms with Crippen molar-refractivity contribution in [3.05, 3.63) is 64.1 Å². The fraction of sp³-hybridized carbons (Fsp3) is 0.381. The average molecular weight is 418 g/mol. The van der Waals surface area contributed by atoms with Gasteiger partial charge in [0.15, 0.2) is 0 Å². The van der Waals surface area contributed by atoms with E-state index in [0.29, 0.717) is 11.6 Å². The monoisotopic (exact) mass is 417 g/mol. The number of anilines is 1. The van der Waals surface area contributed by atoms with Crippen molar-refractivity contribution in [2.24, 2.45) is 0 Å². The number of nitrogens with zero attached hydrogens (tertiary/aromatic N) is 1. The van der Waals surface area contributed by atoms with E-state index in [2.05, 4.69) is 47.5 Å². The van der Waals surface area contributed by atoms with Gasteiger partial charge in [-0.2, -0.15) is 0 Å². The number of ether oxygens (including phenoxy) is 1. The first-order chi connectivity index (χ1) is 12.4. The van der Waals surface area contributed by atoms with Crippen LogP contribution in [0.1, 0.15) is 28.8 Å². The van der Waals surface area contributed by atoms with Gasteiger partial charge in [-0.25, -0.2) is 0 Å². The van der Waals surface area contributed by atoms with Crippen molar-refractivity contribution in [1.29, 1.82) is 0 Å². The van der Waals surface area contributed by atoms with Crippen LogP contribution >= 0.6 is 15.9 Å². The minimum absolute atomic E-state index is 0.0997. The van der Waals surface area contributed by atoms with Crippen LogP contribution in [-0.4, -0.2) is 43.7 Å². The summed E-state index contributed by atoms with van der Waals surface area (Å²) in [6.45, 7) is 2.71. The summed E-state index contributed by atoms with van der Waals surface area (Å²) in [7, 11) is 4.58. The number of nitrogens with one attached hydrogen (secondary N) is 1. The van der Waals surface area contributed by atoms with Gasteiger partial charge in [0.05, 0.1) is 33.4 Å². The Morgan fingerprint density at radius 2 is 1.85 bits per heavy atom. The van der Waals surface area contributed by atoms with Crippen molar-refractivity contribution >= 4 is 27.5 Å². The molecule has 0 aromatic heterocycles. The van der Waals surface area contributed by atoms with Gasteiger partial charge in [-0.15, -0.1) is 0 Å². The maximum Gasteiger partial charge on any atom is 0.255 e. The van der Waals surface area contributed by atoms with E-state index in [4.69, 9.17) is 4.74 Å². The third-order valence-corrected chi connectivity index (χ3v) is 5.56. The Balaban J connectivity index is 1.62. The lowest BCUT2D eigenvalue weighted by atomic mass is 10.0. The predicted octanol–water partition coefficient (Wildman–Crippen LogP) is 4.46. The van der Waals surface area contributed by atoms with Gasteiger partial charge in [0, 0.05) is 34.1 Å². The van der Waals surface area contributed by atoms with Crippen molar-refractivity contribution < 1.29 is 14.0 Å². The molecule has 3 rings (SSSR count). The van der Waals surface area contributed by atoms with Crippen molar-refractivity contribution in [2.75, 3.05) is 32.6 Å². The molecule has 26 heavy (non-hydrogen) atoms. The zero-order chi connectivity index (χ0) is 18.6. The number of hydrogen-bond donors (Lipinski definition) is 1. The quantitative estimate of drug-likeness (QED) is 0.729. The topological polar surface area (TPSA) is 38.3 Å². The molecule has 1 fully saturated rings. The lowest BCUT2D eigenvalue weighted by molar-refractivity contribution is -0.929. The normalized spacial score (nSPS) is 15.7. The molecule has 2 aromatic rings. The Hall–Kier alpha value is -1.69. The molecule has 0 spiro atoms. The third-order valence-electron chi connectivity index (χ3n) is 5.07. The first-order valence-electron chi connectivity index (χ1n) is 9.00. The second kappa shape index (κ2) is 8.33. The van der Waals surface area contributed by atoms with Crippen LogP contribution in [0.5, 0.6) is 0 Å². The zero-order valence-electron chi connectivity index (χ0n) is 15.4. The molecular weight excluding hydrogens is 392 g/mol. The molecule has 1 aliphatic rings. The second-order valence-electron chi connectivity index (χ2n) is 7.44. The van der Waals surface area contributed by atoms with E-state index in [1.807, 2.05) is 36.4 Å². The molecule has 138 valence electrons. The van der Waals surface area contributed by atoms with E-state index in [1.165, 1.54) is 5.56 Å². The fourth-order valence-electron chi connectivity index (χ4n) is 3.51. The molecule has 1 N–H and O–H groups in total. The Morgan fingerprint density at radius 3 is 2.50 bits per heavy atom. The third kappa shape index (κ3) is 4.93. The zero-order valence-corrected chi connectivity index (χ0v) is 17.0. The number of benzene rings is 2. The standard InChI is InChI=1S/C21H25BrN2O2/c1-24(2,20-10-12-26-13-11-20)15-16-6-8-19(9-7-16)23-21(25)17-4-3-5-18(22)14-17/h3-9,14,20H,10-13,15H2,1-2H3/p+1. The van der Waals surface area contributed by atoms with Crippen LogP contribution < -0.4 is 5.32 Å². The van der Waals surface area contributed by atoms with Gasteiger partial charge >= 0.3 is 0 Å². The summed E-state index contributed by atoms with van der Waals surface area (Å²) in [5, 5.41) is 2.96. The van der Waals surface area contributed by atoms with Crippen LogP contribution in [0, 0.1) is 0 Å². The Morgan fingerprint density at radius 1 is 1.15 bits per heavy atom. The lowest BCUT2D eigenvalue weighted by Gasteiger charge is -2.40. The summed E-state index contributed by atoms with van der Waals surface area (Å²) < 4.78 is 7.35. The summed E-state index contributed by atoms with van der Waals surface area (Å²) in [6, 6.07) is 16.2. The van der Waals surface area contributed by atoms with E-state index < -0.39 is 0 Å². The van der Waals surface area contributed by atoms with Crippen LogP contribution in [0.25, 0.3) is 0 Å². The Bertz CT molecular complexity index is 753. The van der Waals surface area contributed by atoms with Crippen molar-refractivity contribution in [3.8, 4) is 0 Å². The lowest BCUT2D eigenvalue weighted by Crippen LogP contribution is -2.50. The van der Waals surface area contributed by atoms with Gasteiger partial charge in [-0.1, -0.05) is 34.1 Å². The van der Waals surface area contributed by atoms with E-state index in [0.717, 1.165) is 47.2 Å². The average Bonchev–Trinajstić information content (AvgIpc) is 2.64. The van der Waals surface area contributed by atoms with Gasteiger partial charge in [0.1, 0.15) is 6.54 Å². The molecule has 0 saturated carbocycles. The maximum absolute atomic E-state index is 12.3. The number of amides is 1. The highest BCUT2D eigenvalue weighted by molar-refractivity contribution is 9.10. The Labute approximate surface area is 163 Å².